The highest BCUT2D eigenvalue weighted by atomic mass is 16.5. The van der Waals surface area contributed by atoms with Gasteiger partial charge in [0.1, 0.15) is 0 Å². The lowest BCUT2D eigenvalue weighted by atomic mass is 9.75. The van der Waals surface area contributed by atoms with Gasteiger partial charge in [-0.15, -0.1) is 30.8 Å². The van der Waals surface area contributed by atoms with Crippen molar-refractivity contribution in [3.05, 3.63) is 0 Å². The van der Waals surface area contributed by atoms with Gasteiger partial charge in [-0.2, -0.15) is 15.0 Å². The maximum Gasteiger partial charge on any atom is 0.253 e. The molecule has 0 aromatic carbocycles. The van der Waals surface area contributed by atoms with Crippen LogP contribution in [0.3, 0.4) is 0 Å². The summed E-state index contributed by atoms with van der Waals surface area (Å²) >= 11 is 0. The third-order valence-electron chi connectivity index (χ3n) is 9.81. The molecule has 4 heterocycles. The molecule has 0 atom stereocenters. The summed E-state index contributed by atoms with van der Waals surface area (Å²) in [6.45, 7) is 23.5. The maximum atomic E-state index is 13.3. The van der Waals surface area contributed by atoms with Crippen LogP contribution in [-0.4, -0.2) is 86.7 Å². The van der Waals surface area contributed by atoms with E-state index in [2.05, 4.69) is 25.7 Å². The molecule has 3 aliphatic heterocycles. The van der Waals surface area contributed by atoms with E-state index in [1.165, 1.54) is 15.2 Å². The average Bonchev–Trinajstić information content (AvgIpc) is 2.83. The van der Waals surface area contributed by atoms with Gasteiger partial charge in [-0.1, -0.05) is 0 Å². The SMILES string of the molecule is CC1(C)CC(Nc2nc(NO)nc(N(C3CC(C)(C)N([O])C(C)(C)C3)C3CC(C)(C)N([O])C(C)(C)C3)n2)CC(C)(C)N1[O]. The molecule has 13 heteroatoms. The third-order valence-corrected chi connectivity index (χ3v) is 9.81. The van der Waals surface area contributed by atoms with Crippen LogP contribution in [0.1, 0.15) is 122 Å². The second-order valence-electron chi connectivity index (χ2n) is 16.9. The molecule has 3 N–H and O–H groups in total. The van der Waals surface area contributed by atoms with Crippen molar-refractivity contribution >= 4 is 17.8 Å². The number of hydrogen-bond donors (Lipinski definition) is 3. The standard InChI is InChI=1S/C30H54N9O4/c1-25(2)13-19(14-26(3,4)37(25)41)31-22-32-23(35-40)34-24(33-22)36(20-15-27(5,6)38(42)28(7,8)16-20)21-17-29(9,10)39(43)30(11,12)18-21/h19-21,40H,13-18H2,1-12H3,(H2,31,32,33,34,35). The van der Waals surface area contributed by atoms with Crippen molar-refractivity contribution in [2.24, 2.45) is 0 Å². The molecule has 3 fully saturated rings. The molecule has 243 valence electrons. The van der Waals surface area contributed by atoms with Gasteiger partial charge < -0.3 is 10.2 Å². The lowest BCUT2D eigenvalue weighted by molar-refractivity contribution is -0.294. The molecule has 0 spiro atoms. The summed E-state index contributed by atoms with van der Waals surface area (Å²) in [4.78, 5) is 16.2. The zero-order valence-electron chi connectivity index (χ0n) is 28.3. The molecule has 13 nitrogen and oxygen atoms in total. The molecular weight excluding hydrogens is 550 g/mol. The van der Waals surface area contributed by atoms with Gasteiger partial charge in [0.05, 0.1) is 0 Å². The van der Waals surface area contributed by atoms with E-state index >= 15 is 0 Å². The maximum absolute atomic E-state index is 13.3. The highest BCUT2D eigenvalue weighted by Crippen LogP contribution is 2.45. The second-order valence-corrected chi connectivity index (χ2v) is 16.9. The lowest BCUT2D eigenvalue weighted by Gasteiger charge is -2.57. The van der Waals surface area contributed by atoms with Gasteiger partial charge in [0.2, 0.25) is 11.9 Å². The van der Waals surface area contributed by atoms with Gasteiger partial charge in [-0.25, -0.2) is 5.48 Å². The van der Waals surface area contributed by atoms with Crippen molar-refractivity contribution < 1.29 is 20.8 Å². The summed E-state index contributed by atoms with van der Waals surface area (Å²) < 4.78 is 0. The Kier molecular flexibility index (Phi) is 8.61. The van der Waals surface area contributed by atoms with Gasteiger partial charge in [-0.3, -0.25) is 5.21 Å². The first-order chi connectivity index (χ1) is 19.4. The van der Waals surface area contributed by atoms with Crippen LogP contribution in [0.4, 0.5) is 17.8 Å². The van der Waals surface area contributed by atoms with E-state index in [-0.39, 0.29) is 24.1 Å². The minimum absolute atomic E-state index is 0.00292. The Morgan fingerprint density at radius 1 is 0.581 bits per heavy atom. The van der Waals surface area contributed by atoms with Crippen LogP contribution in [0.25, 0.3) is 0 Å². The Balaban J connectivity index is 1.79. The minimum Gasteiger partial charge on any atom is -0.351 e. The number of hydroxylamine groups is 6. The molecule has 0 amide bonds. The van der Waals surface area contributed by atoms with E-state index < -0.39 is 33.2 Å². The molecule has 43 heavy (non-hydrogen) atoms. The molecule has 0 bridgehead atoms. The Hall–Kier alpha value is -1.87. The largest absolute Gasteiger partial charge is 0.351 e. The normalized spacial score (nSPS) is 28.0. The second kappa shape index (κ2) is 10.9. The zero-order chi connectivity index (χ0) is 32.6. The quantitative estimate of drug-likeness (QED) is 0.378. The minimum atomic E-state index is -0.648. The molecule has 3 saturated heterocycles. The molecule has 0 aliphatic carbocycles. The Morgan fingerprint density at radius 3 is 1.26 bits per heavy atom. The van der Waals surface area contributed by atoms with E-state index in [1.54, 1.807) is 0 Å². The highest BCUT2D eigenvalue weighted by molar-refractivity contribution is 5.46. The lowest BCUT2D eigenvalue weighted by Crippen LogP contribution is -2.67. The van der Waals surface area contributed by atoms with Gasteiger partial charge >= 0.3 is 0 Å². The van der Waals surface area contributed by atoms with Crippen molar-refractivity contribution in [3.63, 3.8) is 0 Å². The summed E-state index contributed by atoms with van der Waals surface area (Å²) in [5.41, 5.74) is -1.65. The van der Waals surface area contributed by atoms with Crippen molar-refractivity contribution in [1.82, 2.24) is 30.1 Å². The van der Waals surface area contributed by atoms with Crippen LogP contribution in [0.2, 0.25) is 0 Å². The fourth-order valence-electron chi connectivity index (χ4n) is 8.58. The monoisotopic (exact) mass is 604 g/mol. The van der Waals surface area contributed by atoms with Crippen LogP contribution < -0.4 is 15.7 Å². The third kappa shape index (κ3) is 6.58. The van der Waals surface area contributed by atoms with Crippen LogP contribution in [0, 0.1) is 0 Å². The summed E-state index contributed by atoms with van der Waals surface area (Å²) in [5, 5.41) is 56.7. The summed E-state index contributed by atoms with van der Waals surface area (Å²) in [5.74, 6) is 0.666. The molecule has 4 rings (SSSR count). The van der Waals surface area contributed by atoms with Crippen LogP contribution in [0.5, 0.6) is 0 Å². The first-order valence-electron chi connectivity index (χ1n) is 15.6. The first-order valence-corrected chi connectivity index (χ1v) is 15.6. The van der Waals surface area contributed by atoms with Gasteiger partial charge in [-0.05, 0) is 122 Å². The number of hydrogen-bond acceptors (Lipinski definition) is 10. The Morgan fingerprint density at radius 2 is 0.907 bits per heavy atom. The van der Waals surface area contributed by atoms with Gasteiger partial charge in [0.15, 0.2) is 0 Å². The predicted octanol–water partition coefficient (Wildman–Crippen LogP) is 4.99. The molecule has 3 aliphatic rings. The van der Waals surface area contributed by atoms with Crippen molar-refractivity contribution in [2.75, 3.05) is 15.7 Å². The number of piperidine rings is 3. The summed E-state index contributed by atoms with van der Waals surface area (Å²) in [7, 11) is 0. The van der Waals surface area contributed by atoms with Gasteiger partial charge in [0, 0.05) is 51.4 Å². The van der Waals surface area contributed by atoms with E-state index in [0.29, 0.717) is 50.4 Å². The number of anilines is 3. The van der Waals surface area contributed by atoms with Gasteiger partial charge in [0.25, 0.3) is 5.95 Å². The number of rotatable bonds is 6. The number of nitrogens with one attached hydrogen (secondary N) is 2. The molecule has 0 unspecified atom stereocenters. The smallest absolute Gasteiger partial charge is 0.253 e. The topological polar surface area (TPSA) is 156 Å². The van der Waals surface area contributed by atoms with Crippen LogP contribution >= 0.6 is 0 Å². The van der Waals surface area contributed by atoms with E-state index in [1.807, 2.05) is 83.1 Å². The number of nitrogens with zero attached hydrogens (tertiary/aromatic N) is 7. The first kappa shape index (κ1) is 34.0. The van der Waals surface area contributed by atoms with E-state index in [9.17, 15) is 20.8 Å². The average molecular weight is 605 g/mol. The van der Waals surface area contributed by atoms with Crippen molar-refractivity contribution in [2.45, 2.75) is 173 Å². The molecule has 1 aromatic rings. The predicted molar refractivity (Wildman–Crippen MR) is 162 cm³/mol. The number of aromatic nitrogens is 3. The van der Waals surface area contributed by atoms with Crippen molar-refractivity contribution in [3.8, 4) is 0 Å². The summed E-state index contributed by atoms with van der Waals surface area (Å²) in [6, 6.07) is -0.324. The molecule has 1 aromatic heterocycles. The molecule has 3 radical (unpaired) electrons. The van der Waals surface area contributed by atoms with Crippen LogP contribution in [-0.2, 0) is 15.6 Å². The zero-order valence-corrected chi connectivity index (χ0v) is 28.3. The highest BCUT2D eigenvalue weighted by Gasteiger charge is 2.53. The van der Waals surface area contributed by atoms with E-state index in [0.717, 1.165) is 0 Å². The Bertz CT molecular complexity index is 1080. The Labute approximate surface area is 257 Å². The molecule has 0 saturated carbocycles. The van der Waals surface area contributed by atoms with Crippen molar-refractivity contribution in [1.29, 1.82) is 0 Å². The summed E-state index contributed by atoms with van der Waals surface area (Å²) in [6.07, 6.45) is 3.44. The fraction of sp³-hybridized carbons (Fsp3) is 0.900. The van der Waals surface area contributed by atoms with Crippen LogP contribution in [0.15, 0.2) is 0 Å². The van der Waals surface area contributed by atoms with E-state index in [4.69, 9.17) is 4.98 Å². The molecular formula is C30H54N9O4. The fourth-order valence-corrected chi connectivity index (χ4v) is 8.58.